The predicted octanol–water partition coefficient (Wildman–Crippen LogP) is 5.20. The summed E-state index contributed by atoms with van der Waals surface area (Å²) in [6, 6.07) is 11.7. The average molecular weight is 632 g/mol. The predicted molar refractivity (Wildman–Crippen MR) is 162 cm³/mol. The lowest BCUT2D eigenvalue weighted by atomic mass is 9.78. The second-order valence-electron chi connectivity index (χ2n) is 13.0. The first-order chi connectivity index (χ1) is 18.6. The van der Waals surface area contributed by atoms with Crippen LogP contribution in [0.15, 0.2) is 42.5 Å². The smallest absolute Gasteiger partial charge is 0.330 e. The quantitative estimate of drug-likeness (QED) is 0.248. The van der Waals surface area contributed by atoms with E-state index in [1.54, 1.807) is 4.90 Å². The molecule has 9 heteroatoms. The maximum Gasteiger partial charge on any atom is 0.330 e. The molecule has 4 atom stereocenters. The lowest BCUT2D eigenvalue weighted by Crippen LogP contribution is -2.71. The number of halogens is 1. The van der Waals surface area contributed by atoms with E-state index in [-0.39, 0.29) is 46.8 Å². The first-order valence-electron chi connectivity index (χ1n) is 13.5. The highest BCUT2D eigenvalue weighted by molar-refractivity contribution is 9.09. The zero-order valence-corrected chi connectivity index (χ0v) is 26.6. The van der Waals surface area contributed by atoms with E-state index >= 15 is 0 Å². The average Bonchev–Trinajstić information content (AvgIpc) is 3.16. The van der Waals surface area contributed by atoms with Gasteiger partial charge in [-0.3, -0.25) is 9.59 Å². The summed E-state index contributed by atoms with van der Waals surface area (Å²) in [5.41, 5.74) is 2.62. The van der Waals surface area contributed by atoms with Gasteiger partial charge in [-0.15, -0.1) is 11.8 Å². The molecule has 4 rings (SSSR count). The Hall–Kier alpha value is -2.52. The Morgan fingerprint density at radius 3 is 2.15 bits per heavy atom. The third-order valence-corrected chi connectivity index (χ3v) is 10.7. The lowest BCUT2D eigenvalue weighted by molar-refractivity contribution is -0.165. The Morgan fingerprint density at radius 1 is 1.05 bits per heavy atom. The summed E-state index contributed by atoms with van der Waals surface area (Å²) >= 11 is 5.05. The highest BCUT2D eigenvalue weighted by Crippen LogP contribution is 2.52. The zero-order valence-electron chi connectivity index (χ0n) is 24.2. The summed E-state index contributed by atoms with van der Waals surface area (Å²) in [6.07, 6.45) is 0.183. The fourth-order valence-electron chi connectivity index (χ4n) is 5.28. The van der Waals surface area contributed by atoms with Crippen molar-refractivity contribution < 1.29 is 24.2 Å². The molecule has 7 nitrogen and oxygen atoms in total. The van der Waals surface area contributed by atoms with E-state index in [0.717, 1.165) is 22.3 Å². The Morgan fingerprint density at radius 2 is 1.62 bits per heavy atom. The van der Waals surface area contributed by atoms with Crippen molar-refractivity contribution in [1.82, 2.24) is 10.2 Å². The van der Waals surface area contributed by atoms with Gasteiger partial charge in [-0.25, -0.2) is 4.79 Å². The van der Waals surface area contributed by atoms with E-state index < -0.39 is 22.8 Å². The number of carbonyl (C=O) groups excluding carboxylic acids is 3. The number of amides is 2. The molecule has 2 fully saturated rings. The molecule has 2 saturated heterocycles. The van der Waals surface area contributed by atoms with E-state index in [4.69, 9.17) is 4.74 Å². The lowest BCUT2D eigenvalue weighted by Gasteiger charge is -2.44. The maximum atomic E-state index is 13.5. The molecule has 2 N–H and O–H groups in total. The van der Waals surface area contributed by atoms with Crippen molar-refractivity contribution in [2.75, 3.05) is 5.33 Å². The van der Waals surface area contributed by atoms with E-state index in [1.807, 2.05) is 90.9 Å². The first-order valence-corrected chi connectivity index (χ1v) is 15.5. The van der Waals surface area contributed by atoms with E-state index in [1.165, 1.54) is 11.8 Å². The number of nitrogens with zero attached hydrogens (tertiary/aromatic N) is 1. The summed E-state index contributed by atoms with van der Waals surface area (Å²) in [6.45, 7) is 14.2. The van der Waals surface area contributed by atoms with Gasteiger partial charge in [0.2, 0.25) is 11.8 Å². The van der Waals surface area contributed by atoms with E-state index in [0.29, 0.717) is 5.33 Å². The van der Waals surface area contributed by atoms with Crippen LogP contribution in [-0.2, 0) is 43.0 Å². The molecule has 2 aliphatic heterocycles. The molecule has 0 spiro atoms. The summed E-state index contributed by atoms with van der Waals surface area (Å²) in [5.74, 6) is -0.723. The van der Waals surface area contributed by atoms with Crippen molar-refractivity contribution in [3.8, 4) is 5.75 Å². The Balaban J connectivity index is 1.49. The number of carbonyl (C=O) groups is 3. The van der Waals surface area contributed by atoms with Gasteiger partial charge in [-0.05, 0) is 52.1 Å². The molecule has 2 amide bonds. The number of ether oxygens (including phenoxy) is 1. The number of thioether (sulfide) groups is 1. The number of hydrogen-bond donors (Lipinski definition) is 2. The number of β-lactam (4-membered cyclic amide) rings is 1. The summed E-state index contributed by atoms with van der Waals surface area (Å²) in [4.78, 5) is 41.0. The van der Waals surface area contributed by atoms with Crippen LogP contribution >= 0.6 is 27.7 Å². The van der Waals surface area contributed by atoms with Crippen molar-refractivity contribution in [1.29, 1.82) is 0 Å². The molecule has 2 aromatic rings. The highest BCUT2D eigenvalue weighted by atomic mass is 79.9. The molecular formula is C31H39BrN2O5S. The van der Waals surface area contributed by atoms with Crippen LogP contribution in [0.5, 0.6) is 5.75 Å². The summed E-state index contributed by atoms with van der Waals surface area (Å²) < 4.78 is 5.22. The van der Waals surface area contributed by atoms with Crippen LogP contribution in [0.2, 0.25) is 0 Å². The topological polar surface area (TPSA) is 95.9 Å². The molecule has 3 unspecified atom stereocenters. The number of phenols is 1. The van der Waals surface area contributed by atoms with Crippen LogP contribution in [-0.4, -0.2) is 55.3 Å². The number of hydrogen-bond acceptors (Lipinski definition) is 6. The minimum atomic E-state index is -0.794. The standard InChI is InChI=1S/C31H39BrN2O5S/c1-29(2,3)20-13-19(14-21(24(20)36)30(4,5)6)16-39-28(38)25-31(7,17-32)40-27-23(26(37)34(25)27)33-22(35)15-18-11-9-8-10-12-18/h8-14,23,25,27,36H,15-17H2,1-7H3,(H,33,35)/t23?,25?,27-,31?/m0/s1. The van der Waals surface area contributed by atoms with Gasteiger partial charge in [0.15, 0.2) is 0 Å². The van der Waals surface area contributed by atoms with Crippen molar-refractivity contribution in [2.45, 2.75) is 94.5 Å². The molecule has 0 bridgehead atoms. The zero-order chi connectivity index (χ0) is 29.6. The Labute approximate surface area is 249 Å². The number of fused-ring (bicyclic) bond motifs is 1. The third kappa shape index (κ3) is 5.91. The van der Waals surface area contributed by atoms with Crippen molar-refractivity contribution in [3.63, 3.8) is 0 Å². The van der Waals surface area contributed by atoms with Crippen LogP contribution in [0.3, 0.4) is 0 Å². The minimum absolute atomic E-state index is 0.0226. The molecule has 2 heterocycles. The molecule has 40 heavy (non-hydrogen) atoms. The monoisotopic (exact) mass is 630 g/mol. The van der Waals surface area contributed by atoms with Crippen molar-refractivity contribution in [2.24, 2.45) is 0 Å². The van der Waals surface area contributed by atoms with Gasteiger partial charge in [0.05, 0.1) is 11.2 Å². The molecule has 2 aromatic carbocycles. The Bertz CT molecular complexity index is 1270. The fraction of sp³-hybridized carbons (Fsp3) is 0.516. The number of esters is 1. The number of phenolic OH excluding ortho intramolecular Hbond substituents is 1. The number of aromatic hydroxyl groups is 1. The van der Waals surface area contributed by atoms with Crippen molar-refractivity contribution >= 4 is 45.5 Å². The van der Waals surface area contributed by atoms with Gasteiger partial charge >= 0.3 is 5.97 Å². The Kier molecular flexibility index (Phi) is 8.41. The van der Waals surface area contributed by atoms with Crippen LogP contribution in [0, 0.1) is 0 Å². The molecule has 0 aliphatic carbocycles. The maximum absolute atomic E-state index is 13.5. The molecular weight excluding hydrogens is 592 g/mol. The van der Waals surface area contributed by atoms with Crippen LogP contribution in [0.1, 0.15) is 70.7 Å². The van der Waals surface area contributed by atoms with Gasteiger partial charge in [-0.2, -0.15) is 0 Å². The third-order valence-electron chi connectivity index (χ3n) is 7.51. The second kappa shape index (κ2) is 11.0. The first kappa shape index (κ1) is 30.4. The molecule has 0 aromatic heterocycles. The second-order valence-corrected chi connectivity index (χ2v) is 15.2. The molecule has 216 valence electrons. The van der Waals surface area contributed by atoms with Crippen LogP contribution in [0.4, 0.5) is 0 Å². The highest BCUT2D eigenvalue weighted by Gasteiger charge is 2.65. The number of benzene rings is 2. The van der Waals surface area contributed by atoms with Gasteiger partial charge < -0.3 is 20.1 Å². The van der Waals surface area contributed by atoms with Crippen LogP contribution in [0.25, 0.3) is 0 Å². The van der Waals surface area contributed by atoms with Gasteiger partial charge in [0.25, 0.3) is 0 Å². The van der Waals surface area contributed by atoms with Crippen molar-refractivity contribution in [3.05, 3.63) is 64.7 Å². The molecule has 2 aliphatic rings. The summed E-state index contributed by atoms with van der Waals surface area (Å²) in [5, 5.41) is 14.0. The minimum Gasteiger partial charge on any atom is -0.507 e. The van der Waals surface area contributed by atoms with Crippen LogP contribution < -0.4 is 5.32 Å². The van der Waals surface area contributed by atoms with Gasteiger partial charge in [0.1, 0.15) is 29.8 Å². The number of rotatable bonds is 7. The largest absolute Gasteiger partial charge is 0.507 e. The summed E-state index contributed by atoms with van der Waals surface area (Å²) in [7, 11) is 0. The number of nitrogens with one attached hydrogen (secondary N) is 1. The normalized spacial score (nSPS) is 24.4. The molecule has 0 radical (unpaired) electrons. The van der Waals surface area contributed by atoms with Gasteiger partial charge in [-0.1, -0.05) is 87.8 Å². The van der Waals surface area contributed by atoms with E-state index in [2.05, 4.69) is 21.2 Å². The van der Waals surface area contributed by atoms with Gasteiger partial charge in [0, 0.05) is 5.33 Å². The fourth-order valence-corrected chi connectivity index (χ4v) is 7.60. The number of alkyl halides is 1. The molecule has 0 saturated carbocycles. The van der Waals surface area contributed by atoms with E-state index in [9.17, 15) is 19.5 Å². The SMILES string of the molecule is CC(C)(C)c1cc(COC(=O)C2N3C(=O)C(NC(=O)Cc4ccccc4)[C@@H]3SC2(C)CBr)cc(C(C)(C)C)c1O.